The molecule has 6 heteroatoms. The molecule has 0 aromatic heterocycles. The predicted molar refractivity (Wildman–Crippen MR) is 85.9 cm³/mol. The van der Waals surface area contributed by atoms with Gasteiger partial charge in [0.15, 0.2) is 0 Å². The van der Waals surface area contributed by atoms with Crippen LogP contribution in [-0.2, 0) is 6.54 Å². The highest BCUT2D eigenvalue weighted by Gasteiger charge is 2.03. The molecule has 0 aliphatic heterocycles. The molecule has 4 nitrogen and oxygen atoms in total. The average molecular weight is 355 g/mol. The van der Waals surface area contributed by atoms with Crippen LogP contribution in [0.5, 0.6) is 0 Å². The van der Waals surface area contributed by atoms with Gasteiger partial charge in [-0.2, -0.15) is 0 Å². The van der Waals surface area contributed by atoms with Crippen molar-refractivity contribution < 1.29 is 4.79 Å². The summed E-state index contributed by atoms with van der Waals surface area (Å²) in [6.07, 6.45) is 0. The molecule has 4 N–H and O–H groups in total. The van der Waals surface area contributed by atoms with Gasteiger partial charge in [0.05, 0.1) is 10.7 Å². The van der Waals surface area contributed by atoms with Crippen LogP contribution in [0.1, 0.15) is 5.56 Å². The summed E-state index contributed by atoms with van der Waals surface area (Å²) in [5, 5.41) is 5.87. The van der Waals surface area contributed by atoms with Gasteiger partial charge in [-0.3, -0.25) is 0 Å². The van der Waals surface area contributed by atoms with Crippen LogP contribution < -0.4 is 16.4 Å². The number of halogens is 2. The number of amides is 2. The van der Waals surface area contributed by atoms with E-state index in [0.29, 0.717) is 22.9 Å². The van der Waals surface area contributed by atoms with Gasteiger partial charge in [-0.25, -0.2) is 4.79 Å². The van der Waals surface area contributed by atoms with E-state index in [9.17, 15) is 4.79 Å². The van der Waals surface area contributed by atoms with E-state index in [1.807, 2.05) is 24.3 Å². The Bertz CT molecular complexity index is 616. The van der Waals surface area contributed by atoms with Gasteiger partial charge in [0.1, 0.15) is 0 Å². The third-order valence-electron chi connectivity index (χ3n) is 2.62. The number of hydrogen-bond acceptors (Lipinski definition) is 2. The molecule has 2 rings (SSSR count). The monoisotopic (exact) mass is 353 g/mol. The van der Waals surface area contributed by atoms with E-state index < -0.39 is 0 Å². The number of urea groups is 1. The molecule has 0 bridgehead atoms. The number of nitrogens with one attached hydrogen (secondary N) is 2. The fraction of sp³-hybridized carbons (Fsp3) is 0.0714. The van der Waals surface area contributed by atoms with Gasteiger partial charge in [-0.15, -0.1) is 0 Å². The first-order valence-electron chi connectivity index (χ1n) is 5.89. The summed E-state index contributed by atoms with van der Waals surface area (Å²) in [6.45, 7) is 0.446. The lowest BCUT2D eigenvalue weighted by Gasteiger charge is -2.09. The maximum Gasteiger partial charge on any atom is 0.319 e. The van der Waals surface area contributed by atoms with Gasteiger partial charge in [-0.05, 0) is 35.9 Å². The molecule has 104 valence electrons. The fourth-order valence-electron chi connectivity index (χ4n) is 1.56. The molecule has 2 amide bonds. The number of anilines is 2. The molecular weight excluding hydrogens is 342 g/mol. The van der Waals surface area contributed by atoms with Gasteiger partial charge in [-0.1, -0.05) is 39.7 Å². The van der Waals surface area contributed by atoms with E-state index in [0.717, 1.165) is 10.0 Å². The van der Waals surface area contributed by atoms with E-state index >= 15 is 0 Å². The molecule has 0 saturated heterocycles. The van der Waals surface area contributed by atoms with Gasteiger partial charge in [0.2, 0.25) is 0 Å². The maximum atomic E-state index is 11.7. The van der Waals surface area contributed by atoms with Crippen molar-refractivity contribution in [2.45, 2.75) is 6.54 Å². The van der Waals surface area contributed by atoms with Crippen LogP contribution in [0.3, 0.4) is 0 Å². The topological polar surface area (TPSA) is 67.1 Å². The van der Waals surface area contributed by atoms with E-state index in [2.05, 4.69) is 26.6 Å². The molecular formula is C14H13BrClN3O. The normalized spacial score (nSPS) is 10.1. The number of nitrogen functional groups attached to an aromatic ring is 1. The second kappa shape index (κ2) is 6.63. The van der Waals surface area contributed by atoms with Gasteiger partial charge in [0, 0.05) is 16.7 Å². The standard InChI is InChI=1S/C14H13BrClN3O/c15-10-3-1-9(2-4-10)8-18-14(20)19-11-5-6-13(17)12(16)7-11/h1-7H,8,17H2,(H2,18,19,20). The second-order valence-electron chi connectivity index (χ2n) is 4.17. The summed E-state index contributed by atoms with van der Waals surface area (Å²) in [7, 11) is 0. The highest BCUT2D eigenvalue weighted by molar-refractivity contribution is 9.10. The lowest BCUT2D eigenvalue weighted by molar-refractivity contribution is 0.251. The smallest absolute Gasteiger partial charge is 0.319 e. The number of carbonyl (C=O) groups excluding carboxylic acids is 1. The van der Waals surface area contributed by atoms with Crippen LogP contribution >= 0.6 is 27.5 Å². The first-order chi connectivity index (χ1) is 9.54. The van der Waals surface area contributed by atoms with Gasteiger partial charge < -0.3 is 16.4 Å². The van der Waals surface area contributed by atoms with E-state index in [1.165, 1.54) is 0 Å². The lowest BCUT2D eigenvalue weighted by Crippen LogP contribution is -2.28. The van der Waals surface area contributed by atoms with E-state index in [1.54, 1.807) is 18.2 Å². The number of nitrogens with two attached hydrogens (primary N) is 1. The Morgan fingerprint density at radius 1 is 1.20 bits per heavy atom. The van der Waals surface area contributed by atoms with Crippen LogP contribution in [0.15, 0.2) is 46.9 Å². The molecule has 2 aromatic carbocycles. The first-order valence-corrected chi connectivity index (χ1v) is 7.06. The highest BCUT2D eigenvalue weighted by atomic mass is 79.9. The molecule has 0 saturated carbocycles. The highest BCUT2D eigenvalue weighted by Crippen LogP contribution is 2.22. The summed E-state index contributed by atoms with van der Waals surface area (Å²) >= 11 is 9.24. The quantitative estimate of drug-likeness (QED) is 0.729. The Morgan fingerprint density at radius 2 is 1.90 bits per heavy atom. The van der Waals surface area contributed by atoms with Crippen molar-refractivity contribution in [3.63, 3.8) is 0 Å². The summed E-state index contributed by atoms with van der Waals surface area (Å²) in [5.41, 5.74) is 7.69. The van der Waals surface area contributed by atoms with Crippen molar-refractivity contribution in [1.82, 2.24) is 5.32 Å². The number of benzene rings is 2. The molecule has 0 aliphatic rings. The van der Waals surface area contributed by atoms with Crippen LogP contribution in [-0.4, -0.2) is 6.03 Å². The molecule has 0 spiro atoms. The van der Waals surface area contributed by atoms with Crippen molar-refractivity contribution in [1.29, 1.82) is 0 Å². The summed E-state index contributed by atoms with van der Waals surface area (Å²) in [6, 6.07) is 12.4. The zero-order valence-corrected chi connectivity index (χ0v) is 12.8. The van der Waals surface area contributed by atoms with Crippen LogP contribution in [0.25, 0.3) is 0 Å². The second-order valence-corrected chi connectivity index (χ2v) is 5.49. The fourth-order valence-corrected chi connectivity index (χ4v) is 2.01. The maximum absolute atomic E-state index is 11.7. The first kappa shape index (κ1) is 14.7. The number of rotatable bonds is 3. The van der Waals surface area contributed by atoms with Crippen molar-refractivity contribution in [3.05, 3.63) is 57.5 Å². The Hall–Kier alpha value is -1.72. The average Bonchev–Trinajstić information content (AvgIpc) is 2.42. The Morgan fingerprint density at radius 3 is 2.55 bits per heavy atom. The molecule has 0 unspecified atom stereocenters. The molecule has 0 atom stereocenters. The zero-order valence-electron chi connectivity index (χ0n) is 10.5. The minimum atomic E-state index is -0.297. The number of carbonyl (C=O) groups is 1. The Balaban J connectivity index is 1.89. The van der Waals surface area contributed by atoms with E-state index in [-0.39, 0.29) is 6.03 Å². The number of hydrogen-bond donors (Lipinski definition) is 3. The summed E-state index contributed by atoms with van der Waals surface area (Å²) in [5.74, 6) is 0. The molecule has 20 heavy (non-hydrogen) atoms. The third-order valence-corrected chi connectivity index (χ3v) is 3.48. The van der Waals surface area contributed by atoms with Crippen molar-refractivity contribution in [2.24, 2.45) is 0 Å². The molecule has 0 heterocycles. The third kappa shape index (κ3) is 4.15. The largest absolute Gasteiger partial charge is 0.398 e. The predicted octanol–water partition coefficient (Wildman–Crippen LogP) is 4.01. The molecule has 2 aromatic rings. The van der Waals surface area contributed by atoms with Crippen molar-refractivity contribution in [2.75, 3.05) is 11.1 Å². The summed E-state index contributed by atoms with van der Waals surface area (Å²) < 4.78 is 1.00. The Labute approximate surface area is 130 Å². The van der Waals surface area contributed by atoms with Crippen LogP contribution in [0.2, 0.25) is 5.02 Å². The van der Waals surface area contributed by atoms with Crippen molar-refractivity contribution >= 4 is 44.9 Å². The minimum Gasteiger partial charge on any atom is -0.398 e. The van der Waals surface area contributed by atoms with Crippen LogP contribution in [0.4, 0.5) is 16.2 Å². The Kier molecular flexibility index (Phi) is 4.87. The van der Waals surface area contributed by atoms with Gasteiger partial charge >= 0.3 is 6.03 Å². The van der Waals surface area contributed by atoms with Crippen LogP contribution in [0, 0.1) is 0 Å². The van der Waals surface area contributed by atoms with Crippen molar-refractivity contribution in [3.8, 4) is 0 Å². The molecule has 0 fully saturated rings. The SMILES string of the molecule is Nc1ccc(NC(=O)NCc2ccc(Br)cc2)cc1Cl. The lowest BCUT2D eigenvalue weighted by atomic mass is 10.2. The molecule has 0 radical (unpaired) electrons. The molecule has 0 aliphatic carbocycles. The minimum absolute atomic E-state index is 0.297. The van der Waals surface area contributed by atoms with E-state index in [4.69, 9.17) is 17.3 Å². The summed E-state index contributed by atoms with van der Waals surface area (Å²) in [4.78, 5) is 11.7. The van der Waals surface area contributed by atoms with Gasteiger partial charge in [0.25, 0.3) is 0 Å². The zero-order chi connectivity index (χ0) is 14.5.